The minimum absolute atomic E-state index is 0.0902. The Hall–Kier alpha value is -5.91. The monoisotopic (exact) mass is 879 g/mol. The third kappa shape index (κ3) is 8.48. The van der Waals surface area contributed by atoms with Gasteiger partial charge >= 0.3 is 0 Å². The number of hydrogen-bond acceptors (Lipinski definition) is 13. The van der Waals surface area contributed by atoms with Crippen LogP contribution in [0.5, 0.6) is 5.75 Å². The molecule has 3 N–H and O–H groups in total. The van der Waals surface area contributed by atoms with Gasteiger partial charge in [0.25, 0.3) is 23.3 Å². The highest BCUT2D eigenvalue weighted by molar-refractivity contribution is 6.33. The quantitative estimate of drug-likeness (QED) is 0.172. The molecule has 4 aliphatic heterocycles. The van der Waals surface area contributed by atoms with Gasteiger partial charge in [0.1, 0.15) is 11.1 Å². The highest BCUT2D eigenvalue weighted by Gasteiger charge is 2.45. The zero-order chi connectivity index (χ0) is 43.9. The van der Waals surface area contributed by atoms with E-state index < -0.39 is 29.7 Å². The first kappa shape index (κ1) is 42.4. The van der Waals surface area contributed by atoms with E-state index in [4.69, 9.17) is 26.1 Å². The van der Waals surface area contributed by atoms with Crippen LogP contribution in [-0.4, -0.2) is 118 Å². The molecule has 3 saturated heterocycles. The molecule has 2 aromatic heterocycles. The fourth-order valence-electron chi connectivity index (χ4n) is 9.56. The highest BCUT2D eigenvalue weighted by Crippen LogP contribution is 2.38. The number of fused-ring (bicyclic) bond motifs is 2. The van der Waals surface area contributed by atoms with E-state index in [0.717, 1.165) is 86.1 Å². The molecule has 1 aliphatic carbocycles. The molecule has 2 aromatic carbocycles. The lowest BCUT2D eigenvalue weighted by molar-refractivity contribution is -0.136. The summed E-state index contributed by atoms with van der Waals surface area (Å²) < 4.78 is 13.8. The Bertz CT molecular complexity index is 2550. The number of pyridine rings is 1. The fraction of sp³-hybridized carbons (Fsp3) is 0.467. The highest BCUT2D eigenvalue weighted by atomic mass is 35.5. The van der Waals surface area contributed by atoms with Gasteiger partial charge in [-0.05, 0) is 113 Å². The van der Waals surface area contributed by atoms with Crippen molar-refractivity contribution in [1.82, 2.24) is 35.0 Å². The van der Waals surface area contributed by atoms with Gasteiger partial charge in [-0.25, -0.2) is 4.98 Å². The zero-order valence-corrected chi connectivity index (χ0v) is 36.0. The zero-order valence-electron chi connectivity index (χ0n) is 35.2. The summed E-state index contributed by atoms with van der Waals surface area (Å²) >= 11 is 6.58. The average molecular weight is 880 g/mol. The van der Waals surface area contributed by atoms with Gasteiger partial charge in [0.05, 0.1) is 35.0 Å². The number of carbonyl (C=O) groups excluding carboxylic acids is 5. The van der Waals surface area contributed by atoms with E-state index in [1.807, 2.05) is 37.3 Å². The molecule has 0 radical (unpaired) electrons. The molecule has 1 atom stereocenters. The number of rotatable bonds is 12. The van der Waals surface area contributed by atoms with Crippen molar-refractivity contribution in [1.29, 1.82) is 0 Å². The number of anilines is 3. The van der Waals surface area contributed by atoms with Gasteiger partial charge in [0.15, 0.2) is 18.2 Å². The largest absolute Gasteiger partial charge is 0.478 e. The van der Waals surface area contributed by atoms with Crippen LogP contribution < -0.4 is 31.1 Å². The van der Waals surface area contributed by atoms with Crippen LogP contribution in [0.2, 0.25) is 5.02 Å². The van der Waals surface area contributed by atoms with Crippen molar-refractivity contribution in [2.45, 2.75) is 95.0 Å². The maximum absolute atomic E-state index is 13.4. The Kier molecular flexibility index (Phi) is 11.9. The lowest BCUT2D eigenvalue weighted by Crippen LogP contribution is -2.54. The van der Waals surface area contributed by atoms with Crippen LogP contribution in [-0.2, 0) is 25.7 Å². The molecular weight excluding hydrogens is 830 g/mol. The van der Waals surface area contributed by atoms with E-state index in [1.165, 1.54) is 7.05 Å². The summed E-state index contributed by atoms with van der Waals surface area (Å²) in [6.07, 6.45) is 7.83. The predicted octanol–water partition coefficient (Wildman–Crippen LogP) is 4.13. The lowest BCUT2D eigenvalue weighted by atomic mass is 9.83. The molecule has 5 aliphatic rings. The summed E-state index contributed by atoms with van der Waals surface area (Å²) in [5, 5.41) is 9.18. The molecule has 9 rings (SSSR count). The molecule has 330 valence electrons. The van der Waals surface area contributed by atoms with E-state index in [-0.39, 0.29) is 54.8 Å². The van der Waals surface area contributed by atoms with E-state index >= 15 is 0 Å². The third-order valence-corrected chi connectivity index (χ3v) is 13.4. The smallest absolute Gasteiger partial charge is 0.293 e. The maximum Gasteiger partial charge on any atom is 0.293 e. The summed E-state index contributed by atoms with van der Waals surface area (Å²) in [4.78, 5) is 90.5. The Morgan fingerprint density at radius 1 is 0.905 bits per heavy atom. The second-order valence-corrected chi connectivity index (χ2v) is 17.3. The summed E-state index contributed by atoms with van der Waals surface area (Å²) in [7, 11) is 1.51. The molecule has 4 aromatic rings. The van der Waals surface area contributed by atoms with Gasteiger partial charge in [-0.2, -0.15) is 4.98 Å². The molecule has 0 spiro atoms. The molecule has 1 saturated carbocycles. The van der Waals surface area contributed by atoms with Crippen molar-refractivity contribution < 1.29 is 33.4 Å². The molecule has 63 heavy (non-hydrogen) atoms. The lowest BCUT2D eigenvalue weighted by Gasteiger charge is -2.47. The molecule has 6 heterocycles. The minimum Gasteiger partial charge on any atom is -0.478 e. The van der Waals surface area contributed by atoms with Crippen molar-refractivity contribution >= 4 is 69.5 Å². The summed E-state index contributed by atoms with van der Waals surface area (Å²) in [6.45, 7) is 5.43. The number of ether oxygens (including phenoxy) is 2. The van der Waals surface area contributed by atoms with Gasteiger partial charge in [-0.15, -0.1) is 0 Å². The van der Waals surface area contributed by atoms with Crippen molar-refractivity contribution in [2.75, 3.05) is 50.1 Å². The van der Waals surface area contributed by atoms with Crippen molar-refractivity contribution in [3.63, 3.8) is 0 Å². The summed E-state index contributed by atoms with van der Waals surface area (Å²) in [5.74, 6) is -0.884. The number of carbonyl (C=O) groups is 5. The Morgan fingerprint density at radius 3 is 2.40 bits per heavy atom. The van der Waals surface area contributed by atoms with Gasteiger partial charge in [0, 0.05) is 50.2 Å². The number of amides is 5. The van der Waals surface area contributed by atoms with E-state index in [9.17, 15) is 28.8 Å². The van der Waals surface area contributed by atoms with Gasteiger partial charge in [-0.3, -0.25) is 39.0 Å². The normalized spacial score (nSPS) is 22.2. The molecule has 4 fully saturated rings. The van der Waals surface area contributed by atoms with Crippen LogP contribution in [0.15, 0.2) is 53.5 Å². The van der Waals surface area contributed by atoms with Crippen molar-refractivity contribution in [2.24, 2.45) is 0 Å². The molecule has 17 nitrogen and oxygen atoms in total. The second kappa shape index (κ2) is 17.7. The molecule has 18 heteroatoms. The van der Waals surface area contributed by atoms with Crippen LogP contribution in [0, 0.1) is 0 Å². The van der Waals surface area contributed by atoms with Crippen LogP contribution in [0.1, 0.15) is 90.5 Å². The average Bonchev–Trinajstić information content (AvgIpc) is 3.52. The number of aryl methyl sites for hydroxylation is 1. The number of benzene rings is 2. The number of aromatic nitrogens is 3. The summed E-state index contributed by atoms with van der Waals surface area (Å²) in [6, 6.07) is 12.2. The number of nitrogens with one attached hydrogen (secondary N) is 3. The van der Waals surface area contributed by atoms with Crippen molar-refractivity contribution in [3.8, 4) is 5.75 Å². The molecular formula is C45H50ClN9O8. The number of piperidine rings is 3. The first-order valence-corrected chi connectivity index (χ1v) is 22.2. The maximum atomic E-state index is 13.4. The Morgan fingerprint density at radius 2 is 1.67 bits per heavy atom. The predicted molar refractivity (Wildman–Crippen MR) is 234 cm³/mol. The third-order valence-electron chi connectivity index (χ3n) is 13.2. The van der Waals surface area contributed by atoms with Crippen LogP contribution in [0.3, 0.4) is 0 Å². The number of likely N-dealkylation sites (N-methyl/N-ethyl adjacent to an activating group) is 1. The number of nitrogens with zero attached hydrogens (tertiary/aromatic N) is 6. The van der Waals surface area contributed by atoms with Crippen LogP contribution in [0.4, 0.5) is 17.5 Å². The SMILES string of the molecule is CCn1c(=O)c(OCC(=O)NC)cc2cc(Nc3nc(N4CCC(OC5CC(N6CCC(c7ccc8c(c7)C(=O)N(C7CCC(=O)NC7=O)C8=O)CC6)C5)CC4)ncc3Cl)ccc21. The number of halogens is 1. The number of imide groups is 2. The first-order valence-electron chi connectivity index (χ1n) is 21.8. The molecule has 1 unspecified atom stereocenters. The first-order chi connectivity index (χ1) is 30.5. The second-order valence-electron chi connectivity index (χ2n) is 16.9. The standard InChI is InChI=1S/C45H50ClN9O8/c1-3-54-35-7-5-28(18-27(35)20-37(44(54)61)62-24-39(57)47-2)49-40-34(46)23-48-45(51-40)53-16-12-30(13-17-53)63-31-21-29(22-31)52-14-10-25(11-15-52)26-4-6-32-33(19-26)43(60)55(42(32)59)36-8-9-38(56)50-41(36)58/h4-7,18-20,23,25,29-31,36H,3,8-17,21-22,24H2,1-2H3,(H,47,57)(H,48,49,51)(H,50,56,58). The van der Waals surface area contributed by atoms with E-state index in [1.54, 1.807) is 22.9 Å². The van der Waals surface area contributed by atoms with Gasteiger partial charge in [0.2, 0.25) is 17.8 Å². The minimum atomic E-state index is -0.969. The Balaban J connectivity index is 0.740. The van der Waals surface area contributed by atoms with Gasteiger partial charge in [-0.1, -0.05) is 17.7 Å². The number of likely N-dealkylation sites (tertiary alicyclic amines) is 1. The molecule has 5 amide bonds. The fourth-order valence-corrected chi connectivity index (χ4v) is 9.70. The number of hydrogen-bond donors (Lipinski definition) is 3. The van der Waals surface area contributed by atoms with Crippen LogP contribution in [0.25, 0.3) is 10.9 Å². The van der Waals surface area contributed by atoms with Gasteiger partial charge < -0.3 is 34.5 Å². The topological polar surface area (TPSA) is 197 Å². The van der Waals surface area contributed by atoms with Crippen molar-refractivity contribution in [3.05, 3.63) is 80.7 Å². The van der Waals surface area contributed by atoms with E-state index in [2.05, 4.69) is 30.7 Å². The Labute approximate surface area is 368 Å². The van der Waals surface area contributed by atoms with Crippen LogP contribution >= 0.6 is 11.6 Å². The van der Waals surface area contributed by atoms with E-state index in [0.29, 0.717) is 46.2 Å². The molecule has 0 bridgehead atoms. The summed E-state index contributed by atoms with van der Waals surface area (Å²) in [5.41, 5.74) is 2.82.